The Kier molecular flexibility index (Phi) is 7.67. The van der Waals surface area contributed by atoms with Gasteiger partial charge in [0.15, 0.2) is 6.61 Å². The van der Waals surface area contributed by atoms with E-state index in [4.69, 9.17) is 4.74 Å². The quantitative estimate of drug-likeness (QED) is 0.705. The number of ether oxygens (including phenoxy) is 1. The number of nitrogens with one attached hydrogen (secondary N) is 1. The molecule has 1 atom stereocenters. The Labute approximate surface area is 150 Å². The summed E-state index contributed by atoms with van der Waals surface area (Å²) < 4.78 is 5.22. The number of H-pyrrole nitrogens is 1. The fourth-order valence-electron chi connectivity index (χ4n) is 3.05. The standard InChI is InChI=1S/C19H32N2O4/c1-11(2)8-21(9-12(3)4)16(23)10-25-19(24)18-13(5)17(15(7)22)14(6)20-18/h11-12,15,20,22H,8-10H2,1-7H3/t15-/m1/s1. The zero-order valence-corrected chi connectivity index (χ0v) is 16.5. The van der Waals surface area contributed by atoms with E-state index in [-0.39, 0.29) is 12.5 Å². The van der Waals surface area contributed by atoms with Crippen LogP contribution in [0.3, 0.4) is 0 Å². The Bertz CT molecular complexity index is 593. The van der Waals surface area contributed by atoms with E-state index < -0.39 is 12.1 Å². The second kappa shape index (κ2) is 9.04. The average molecular weight is 352 g/mol. The van der Waals surface area contributed by atoms with Crippen LogP contribution in [-0.2, 0) is 9.53 Å². The lowest BCUT2D eigenvalue weighted by atomic mass is 10.1. The molecule has 1 aromatic heterocycles. The summed E-state index contributed by atoms with van der Waals surface area (Å²) in [5.41, 5.74) is 2.37. The van der Waals surface area contributed by atoms with Gasteiger partial charge in [-0.2, -0.15) is 0 Å². The third kappa shape index (κ3) is 5.88. The lowest BCUT2D eigenvalue weighted by Gasteiger charge is -2.26. The van der Waals surface area contributed by atoms with Gasteiger partial charge in [-0.05, 0) is 38.2 Å². The highest BCUT2D eigenvalue weighted by molar-refractivity contribution is 5.91. The van der Waals surface area contributed by atoms with Crippen molar-refractivity contribution >= 4 is 11.9 Å². The van der Waals surface area contributed by atoms with Crippen molar-refractivity contribution in [2.24, 2.45) is 11.8 Å². The molecule has 0 aromatic carbocycles. The molecule has 1 aromatic rings. The van der Waals surface area contributed by atoms with Gasteiger partial charge in [0.1, 0.15) is 5.69 Å². The summed E-state index contributed by atoms with van der Waals surface area (Å²) in [6.45, 7) is 14.4. The van der Waals surface area contributed by atoms with Crippen molar-refractivity contribution < 1.29 is 19.4 Å². The molecule has 0 radical (unpaired) electrons. The van der Waals surface area contributed by atoms with E-state index in [9.17, 15) is 14.7 Å². The fourth-order valence-corrected chi connectivity index (χ4v) is 3.05. The van der Waals surface area contributed by atoms with Gasteiger partial charge in [0.05, 0.1) is 6.10 Å². The SMILES string of the molecule is Cc1[nH]c(C(=O)OCC(=O)N(CC(C)C)CC(C)C)c(C)c1[C@@H](C)O. The number of hydrogen-bond donors (Lipinski definition) is 2. The van der Waals surface area contributed by atoms with Crippen LogP contribution >= 0.6 is 0 Å². The van der Waals surface area contributed by atoms with E-state index in [0.717, 1.165) is 5.69 Å². The number of esters is 1. The second-order valence-corrected chi connectivity index (χ2v) is 7.50. The summed E-state index contributed by atoms with van der Waals surface area (Å²) in [7, 11) is 0. The van der Waals surface area contributed by atoms with E-state index in [1.165, 1.54) is 0 Å². The first-order valence-electron chi connectivity index (χ1n) is 8.86. The minimum absolute atomic E-state index is 0.188. The van der Waals surface area contributed by atoms with Gasteiger partial charge in [-0.25, -0.2) is 4.79 Å². The third-order valence-corrected chi connectivity index (χ3v) is 3.97. The molecule has 1 heterocycles. The maximum atomic E-state index is 12.4. The Morgan fingerprint density at radius 3 is 2.00 bits per heavy atom. The zero-order chi connectivity index (χ0) is 19.3. The molecule has 1 amide bonds. The summed E-state index contributed by atoms with van der Waals surface area (Å²) in [6, 6.07) is 0. The molecule has 6 heteroatoms. The van der Waals surface area contributed by atoms with Gasteiger partial charge >= 0.3 is 5.97 Å². The van der Waals surface area contributed by atoms with Crippen molar-refractivity contribution in [1.82, 2.24) is 9.88 Å². The molecule has 25 heavy (non-hydrogen) atoms. The van der Waals surface area contributed by atoms with Crippen molar-refractivity contribution in [3.05, 3.63) is 22.5 Å². The van der Waals surface area contributed by atoms with Crippen LogP contribution < -0.4 is 0 Å². The minimum Gasteiger partial charge on any atom is -0.451 e. The third-order valence-electron chi connectivity index (χ3n) is 3.97. The molecule has 0 bridgehead atoms. The average Bonchev–Trinajstić information content (AvgIpc) is 2.77. The lowest BCUT2D eigenvalue weighted by molar-refractivity contribution is -0.135. The van der Waals surface area contributed by atoms with Crippen molar-refractivity contribution in [3.63, 3.8) is 0 Å². The molecule has 1 rings (SSSR count). The van der Waals surface area contributed by atoms with Gasteiger partial charge in [0.25, 0.3) is 5.91 Å². The second-order valence-electron chi connectivity index (χ2n) is 7.50. The van der Waals surface area contributed by atoms with Crippen molar-refractivity contribution in [1.29, 1.82) is 0 Å². The predicted octanol–water partition coefficient (Wildman–Crippen LogP) is 2.98. The van der Waals surface area contributed by atoms with Gasteiger partial charge in [0.2, 0.25) is 0 Å². The molecule has 0 fully saturated rings. The summed E-state index contributed by atoms with van der Waals surface area (Å²) >= 11 is 0. The maximum Gasteiger partial charge on any atom is 0.355 e. The van der Waals surface area contributed by atoms with Crippen LogP contribution in [0.2, 0.25) is 0 Å². The molecular weight excluding hydrogens is 320 g/mol. The molecule has 2 N–H and O–H groups in total. The summed E-state index contributed by atoms with van der Waals surface area (Å²) in [5, 5.41) is 9.81. The van der Waals surface area contributed by atoms with Crippen molar-refractivity contribution in [2.45, 2.75) is 54.6 Å². The van der Waals surface area contributed by atoms with Crippen LogP contribution in [0.15, 0.2) is 0 Å². The molecule has 0 spiro atoms. The van der Waals surface area contributed by atoms with Gasteiger partial charge in [0, 0.05) is 24.3 Å². The number of aromatic nitrogens is 1. The van der Waals surface area contributed by atoms with E-state index in [1.807, 2.05) is 0 Å². The Morgan fingerprint density at radius 2 is 1.60 bits per heavy atom. The van der Waals surface area contributed by atoms with Crippen molar-refractivity contribution in [2.75, 3.05) is 19.7 Å². The maximum absolute atomic E-state index is 12.4. The van der Waals surface area contributed by atoms with E-state index >= 15 is 0 Å². The molecule has 6 nitrogen and oxygen atoms in total. The lowest BCUT2D eigenvalue weighted by Crippen LogP contribution is -2.39. The number of aryl methyl sites for hydroxylation is 1. The number of aromatic amines is 1. The number of aliphatic hydroxyl groups excluding tert-OH is 1. The van der Waals surface area contributed by atoms with Crippen molar-refractivity contribution in [3.8, 4) is 0 Å². The molecule has 142 valence electrons. The van der Waals surface area contributed by atoms with Crippen LogP contribution in [0.4, 0.5) is 0 Å². The highest BCUT2D eigenvalue weighted by atomic mass is 16.5. The molecule has 0 saturated heterocycles. The number of aliphatic hydroxyl groups is 1. The van der Waals surface area contributed by atoms with E-state index in [0.29, 0.717) is 41.7 Å². The van der Waals surface area contributed by atoms with Gasteiger partial charge in [-0.1, -0.05) is 27.7 Å². The Hall–Kier alpha value is -1.82. The van der Waals surface area contributed by atoms with Crippen LogP contribution in [0, 0.1) is 25.7 Å². The highest BCUT2D eigenvalue weighted by Gasteiger charge is 2.23. The molecule has 0 saturated carbocycles. The number of amides is 1. The first kappa shape index (κ1) is 21.2. The number of rotatable bonds is 8. The van der Waals surface area contributed by atoms with Gasteiger partial charge in [-0.3, -0.25) is 4.79 Å². The molecule has 0 unspecified atom stereocenters. The molecule has 0 aliphatic rings. The van der Waals surface area contributed by atoms with Gasteiger partial charge < -0.3 is 19.7 Å². The largest absolute Gasteiger partial charge is 0.451 e. The number of carbonyl (C=O) groups excluding carboxylic acids is 2. The van der Waals surface area contributed by atoms with Crippen LogP contribution in [0.5, 0.6) is 0 Å². The Balaban J connectivity index is 2.77. The summed E-state index contributed by atoms with van der Waals surface area (Å²) in [4.78, 5) is 29.4. The normalized spacial score (nSPS) is 12.6. The molecule has 0 aliphatic carbocycles. The molecular formula is C19H32N2O4. The number of hydrogen-bond acceptors (Lipinski definition) is 4. The van der Waals surface area contributed by atoms with E-state index in [1.54, 1.807) is 25.7 Å². The highest BCUT2D eigenvalue weighted by Crippen LogP contribution is 2.24. The smallest absolute Gasteiger partial charge is 0.355 e. The monoisotopic (exact) mass is 352 g/mol. The molecule has 0 aliphatic heterocycles. The fraction of sp³-hybridized carbons (Fsp3) is 0.684. The summed E-state index contributed by atoms with van der Waals surface area (Å²) in [6.07, 6.45) is -0.674. The van der Waals surface area contributed by atoms with E-state index in [2.05, 4.69) is 32.7 Å². The number of carbonyl (C=O) groups is 2. The summed E-state index contributed by atoms with van der Waals surface area (Å²) in [5.74, 6) is -0.0667. The van der Waals surface area contributed by atoms with Crippen LogP contribution in [0.25, 0.3) is 0 Å². The van der Waals surface area contributed by atoms with Crippen LogP contribution in [0.1, 0.15) is 68.0 Å². The predicted molar refractivity (Wildman–Crippen MR) is 97.4 cm³/mol. The van der Waals surface area contributed by atoms with Gasteiger partial charge in [-0.15, -0.1) is 0 Å². The van der Waals surface area contributed by atoms with Crippen LogP contribution in [-0.4, -0.2) is 46.6 Å². The first-order valence-corrected chi connectivity index (χ1v) is 8.86. The number of nitrogens with zero attached hydrogens (tertiary/aromatic N) is 1. The minimum atomic E-state index is -0.674. The topological polar surface area (TPSA) is 82.6 Å². The Morgan fingerprint density at radius 1 is 1.08 bits per heavy atom. The first-order chi connectivity index (χ1) is 11.5. The zero-order valence-electron chi connectivity index (χ0n) is 16.5.